The molecule has 0 aromatic rings. The number of nitrogens with two attached hydrogens (primary N) is 1. The Labute approximate surface area is 128 Å². The Bertz CT molecular complexity index is 288. The second-order valence-corrected chi connectivity index (χ2v) is 6.10. The van der Waals surface area contributed by atoms with Crippen LogP contribution in [0.2, 0.25) is 0 Å². The highest BCUT2D eigenvalue weighted by molar-refractivity contribution is 5.85. The van der Waals surface area contributed by atoms with E-state index in [2.05, 4.69) is 10.2 Å². The van der Waals surface area contributed by atoms with Gasteiger partial charge in [-0.15, -0.1) is 24.8 Å². The van der Waals surface area contributed by atoms with Crippen LogP contribution in [0.5, 0.6) is 0 Å². The number of carbonyl (C=O) groups excluding carboxylic acids is 1. The second kappa shape index (κ2) is 7.67. The number of amides is 1. The zero-order valence-corrected chi connectivity index (χ0v) is 13.5. The first-order valence-corrected chi connectivity index (χ1v) is 6.78. The lowest BCUT2D eigenvalue weighted by Gasteiger charge is -2.34. The number of rotatable bonds is 4. The smallest absolute Gasteiger partial charge is 0.227 e. The lowest BCUT2D eigenvalue weighted by molar-refractivity contribution is -0.129. The van der Waals surface area contributed by atoms with Crippen molar-refractivity contribution >= 4 is 30.7 Å². The molecular formula is C13H27Cl2N3O. The van der Waals surface area contributed by atoms with Crippen molar-refractivity contribution in [2.45, 2.75) is 51.6 Å². The molecule has 3 N–H and O–H groups in total. The maximum absolute atomic E-state index is 12.0. The lowest BCUT2D eigenvalue weighted by atomic mass is 9.91. The van der Waals surface area contributed by atoms with Crippen molar-refractivity contribution in [1.82, 2.24) is 10.2 Å². The summed E-state index contributed by atoms with van der Waals surface area (Å²) in [5, 5.41) is 3.14. The van der Waals surface area contributed by atoms with Gasteiger partial charge in [-0.25, -0.2) is 0 Å². The molecule has 0 atom stereocenters. The monoisotopic (exact) mass is 311 g/mol. The van der Waals surface area contributed by atoms with Gasteiger partial charge < -0.3 is 16.0 Å². The molecule has 0 unspecified atom stereocenters. The van der Waals surface area contributed by atoms with Crippen LogP contribution in [0.15, 0.2) is 0 Å². The van der Waals surface area contributed by atoms with E-state index in [1.165, 1.54) is 12.8 Å². The number of nitrogens with zero attached hydrogens (tertiary/aromatic N) is 1. The zero-order valence-electron chi connectivity index (χ0n) is 11.9. The van der Waals surface area contributed by atoms with Crippen molar-refractivity contribution in [1.29, 1.82) is 0 Å². The maximum atomic E-state index is 12.0. The van der Waals surface area contributed by atoms with Gasteiger partial charge in [-0.3, -0.25) is 4.79 Å². The molecule has 6 heteroatoms. The van der Waals surface area contributed by atoms with Crippen LogP contribution >= 0.6 is 24.8 Å². The van der Waals surface area contributed by atoms with Crippen LogP contribution in [0, 0.1) is 5.41 Å². The highest BCUT2D eigenvalue weighted by atomic mass is 35.5. The minimum absolute atomic E-state index is 0. The molecule has 2 fully saturated rings. The summed E-state index contributed by atoms with van der Waals surface area (Å²) in [6, 6.07) is 1.20. The summed E-state index contributed by atoms with van der Waals surface area (Å²) >= 11 is 0. The number of piperidine rings is 1. The molecule has 0 radical (unpaired) electrons. The number of hydrogen-bond acceptors (Lipinski definition) is 3. The highest BCUT2D eigenvalue weighted by Gasteiger charge is 2.33. The van der Waals surface area contributed by atoms with Crippen molar-refractivity contribution in [3.8, 4) is 0 Å². The number of likely N-dealkylation sites (tertiary alicyclic amines) is 1. The van der Waals surface area contributed by atoms with Crippen molar-refractivity contribution in [3.63, 3.8) is 0 Å². The Kier molecular flexibility index (Phi) is 7.66. The molecule has 0 aromatic heterocycles. The van der Waals surface area contributed by atoms with E-state index < -0.39 is 5.41 Å². The molecule has 1 heterocycles. The Hall–Kier alpha value is -0.0300. The van der Waals surface area contributed by atoms with E-state index in [1.54, 1.807) is 0 Å². The van der Waals surface area contributed by atoms with E-state index in [4.69, 9.17) is 5.73 Å². The molecular weight excluding hydrogens is 285 g/mol. The van der Waals surface area contributed by atoms with E-state index in [-0.39, 0.29) is 30.7 Å². The average molecular weight is 312 g/mol. The molecule has 0 aromatic carbocycles. The Morgan fingerprint density at radius 3 is 2.16 bits per heavy atom. The number of halogens is 2. The Balaban J connectivity index is 0.00000162. The molecule has 2 aliphatic rings. The normalized spacial score (nSPS) is 21.2. The van der Waals surface area contributed by atoms with Crippen molar-refractivity contribution in [2.24, 2.45) is 11.1 Å². The lowest BCUT2D eigenvalue weighted by Crippen LogP contribution is -2.50. The molecule has 4 nitrogen and oxygen atoms in total. The molecule has 2 rings (SSSR count). The molecule has 0 spiro atoms. The Morgan fingerprint density at radius 2 is 1.74 bits per heavy atom. The first kappa shape index (κ1) is 19.0. The third-order valence-electron chi connectivity index (χ3n) is 4.05. The van der Waals surface area contributed by atoms with Crippen LogP contribution in [0.3, 0.4) is 0 Å². The van der Waals surface area contributed by atoms with E-state index >= 15 is 0 Å². The van der Waals surface area contributed by atoms with E-state index in [9.17, 15) is 4.79 Å². The SMILES string of the molecule is CC(C)(CN)C(=O)NC1CCN(C2CC2)CC1.Cl.Cl. The predicted octanol–water partition coefficient (Wildman–Crippen LogP) is 1.56. The molecule has 1 amide bonds. The minimum Gasteiger partial charge on any atom is -0.353 e. The predicted molar refractivity (Wildman–Crippen MR) is 83.1 cm³/mol. The molecule has 1 saturated carbocycles. The molecule has 114 valence electrons. The zero-order chi connectivity index (χ0) is 12.5. The van der Waals surface area contributed by atoms with E-state index in [0.29, 0.717) is 12.6 Å². The van der Waals surface area contributed by atoms with Crippen LogP contribution < -0.4 is 11.1 Å². The van der Waals surface area contributed by atoms with Crippen molar-refractivity contribution in [2.75, 3.05) is 19.6 Å². The molecule has 1 aliphatic carbocycles. The van der Waals surface area contributed by atoms with Crippen molar-refractivity contribution in [3.05, 3.63) is 0 Å². The van der Waals surface area contributed by atoms with Gasteiger partial charge >= 0.3 is 0 Å². The summed E-state index contributed by atoms with van der Waals surface area (Å²) < 4.78 is 0. The first-order chi connectivity index (χ1) is 8.03. The summed E-state index contributed by atoms with van der Waals surface area (Å²) in [6.07, 6.45) is 4.92. The summed E-state index contributed by atoms with van der Waals surface area (Å²) in [6.45, 7) is 6.49. The van der Waals surface area contributed by atoms with Crippen LogP contribution in [-0.4, -0.2) is 42.5 Å². The third-order valence-corrected chi connectivity index (χ3v) is 4.05. The highest BCUT2D eigenvalue weighted by Crippen LogP contribution is 2.29. The quantitative estimate of drug-likeness (QED) is 0.828. The van der Waals surface area contributed by atoms with Crippen LogP contribution in [-0.2, 0) is 4.79 Å². The van der Waals surface area contributed by atoms with E-state index in [0.717, 1.165) is 32.0 Å². The van der Waals surface area contributed by atoms with Gasteiger partial charge in [0.15, 0.2) is 0 Å². The molecule has 1 saturated heterocycles. The van der Waals surface area contributed by atoms with Gasteiger partial charge in [0.1, 0.15) is 0 Å². The topological polar surface area (TPSA) is 58.4 Å². The van der Waals surface area contributed by atoms with Gasteiger partial charge in [0, 0.05) is 31.7 Å². The fourth-order valence-electron chi connectivity index (χ4n) is 2.32. The Morgan fingerprint density at radius 1 is 1.21 bits per heavy atom. The molecule has 0 bridgehead atoms. The van der Waals surface area contributed by atoms with Crippen LogP contribution in [0.25, 0.3) is 0 Å². The number of nitrogens with one attached hydrogen (secondary N) is 1. The van der Waals surface area contributed by atoms with Crippen LogP contribution in [0.4, 0.5) is 0 Å². The summed E-state index contributed by atoms with van der Waals surface area (Å²) in [7, 11) is 0. The van der Waals surface area contributed by atoms with Gasteiger partial charge in [-0.05, 0) is 39.5 Å². The maximum Gasteiger partial charge on any atom is 0.227 e. The summed E-state index contributed by atoms with van der Waals surface area (Å²) in [5.74, 6) is 0.102. The average Bonchev–Trinajstić information content (AvgIpc) is 3.14. The fourth-order valence-corrected chi connectivity index (χ4v) is 2.32. The van der Waals surface area contributed by atoms with Gasteiger partial charge in [-0.2, -0.15) is 0 Å². The fraction of sp³-hybridized carbons (Fsp3) is 0.923. The standard InChI is InChI=1S/C13H25N3O.2ClH/c1-13(2,9-14)12(17)15-10-5-7-16(8-6-10)11-3-4-11;;/h10-11H,3-9,14H2,1-2H3,(H,15,17);2*1H. The van der Waals surface area contributed by atoms with Gasteiger partial charge in [0.2, 0.25) is 5.91 Å². The van der Waals surface area contributed by atoms with Crippen molar-refractivity contribution < 1.29 is 4.79 Å². The largest absolute Gasteiger partial charge is 0.353 e. The third kappa shape index (κ3) is 5.10. The molecule has 1 aliphatic heterocycles. The number of carbonyl (C=O) groups is 1. The molecule has 19 heavy (non-hydrogen) atoms. The number of hydrogen-bond donors (Lipinski definition) is 2. The minimum atomic E-state index is -0.437. The van der Waals surface area contributed by atoms with Crippen LogP contribution in [0.1, 0.15) is 39.5 Å². The van der Waals surface area contributed by atoms with Gasteiger partial charge in [-0.1, -0.05) is 0 Å². The second-order valence-electron chi connectivity index (χ2n) is 6.10. The van der Waals surface area contributed by atoms with E-state index in [1.807, 2.05) is 13.8 Å². The summed E-state index contributed by atoms with van der Waals surface area (Å²) in [5.41, 5.74) is 5.18. The first-order valence-electron chi connectivity index (χ1n) is 6.78. The van der Waals surface area contributed by atoms with Gasteiger partial charge in [0.25, 0.3) is 0 Å². The van der Waals surface area contributed by atoms with Gasteiger partial charge in [0.05, 0.1) is 5.41 Å². The summed E-state index contributed by atoms with van der Waals surface area (Å²) in [4.78, 5) is 14.6.